The van der Waals surface area contributed by atoms with E-state index in [1.807, 2.05) is 37.2 Å². The van der Waals surface area contributed by atoms with Crippen molar-refractivity contribution in [3.05, 3.63) is 23.8 Å². The molecule has 4 nitrogen and oxygen atoms in total. The van der Waals surface area contributed by atoms with Gasteiger partial charge in [-0.1, -0.05) is 0 Å². The van der Waals surface area contributed by atoms with Crippen molar-refractivity contribution in [3.63, 3.8) is 0 Å². The molecule has 0 saturated carbocycles. The van der Waals surface area contributed by atoms with Gasteiger partial charge in [0.05, 0.1) is 25.9 Å². The Morgan fingerprint density at radius 1 is 1.17 bits per heavy atom. The number of nitrogens with zero attached hydrogens (tertiary/aromatic N) is 1. The zero-order valence-electron chi connectivity index (χ0n) is 12.0. The largest absolute Gasteiger partial charge is 0.497 e. The van der Waals surface area contributed by atoms with Crippen molar-refractivity contribution in [3.8, 4) is 11.5 Å². The molecule has 1 unspecified atom stereocenters. The van der Waals surface area contributed by atoms with Crippen molar-refractivity contribution in [2.45, 2.75) is 25.5 Å². The molecule has 0 fully saturated rings. The van der Waals surface area contributed by atoms with Crippen LogP contribution in [0.5, 0.6) is 11.5 Å². The van der Waals surface area contributed by atoms with Crippen molar-refractivity contribution < 1.29 is 14.6 Å². The van der Waals surface area contributed by atoms with Gasteiger partial charge in [-0.15, -0.1) is 0 Å². The van der Waals surface area contributed by atoms with Gasteiger partial charge >= 0.3 is 0 Å². The molecule has 0 radical (unpaired) electrons. The van der Waals surface area contributed by atoms with Crippen LogP contribution in [0.1, 0.15) is 25.5 Å². The molecule has 0 spiro atoms. The minimum absolute atomic E-state index is 0.154. The van der Waals surface area contributed by atoms with Crippen LogP contribution in [0.25, 0.3) is 0 Å². The molecule has 0 aliphatic heterocycles. The summed E-state index contributed by atoms with van der Waals surface area (Å²) < 4.78 is 10.6. The van der Waals surface area contributed by atoms with E-state index in [2.05, 4.69) is 0 Å². The van der Waals surface area contributed by atoms with Crippen LogP contribution in [0.15, 0.2) is 18.2 Å². The first-order valence-electron chi connectivity index (χ1n) is 5.92. The van der Waals surface area contributed by atoms with E-state index in [0.717, 1.165) is 17.1 Å². The summed E-state index contributed by atoms with van der Waals surface area (Å²) in [6.07, 6.45) is 0. The number of methoxy groups -OCH3 is 2. The van der Waals surface area contributed by atoms with Gasteiger partial charge in [0.15, 0.2) is 0 Å². The van der Waals surface area contributed by atoms with Gasteiger partial charge in [-0.05, 0) is 40.1 Å². The van der Waals surface area contributed by atoms with Crippen LogP contribution >= 0.6 is 0 Å². The number of likely N-dealkylation sites (N-methyl/N-ethyl adjacent to an activating group) is 1. The highest BCUT2D eigenvalue weighted by atomic mass is 16.5. The van der Waals surface area contributed by atoms with E-state index in [9.17, 15) is 5.11 Å². The van der Waals surface area contributed by atoms with Crippen LogP contribution in [0.3, 0.4) is 0 Å². The van der Waals surface area contributed by atoms with Crippen LogP contribution in [0, 0.1) is 0 Å². The van der Waals surface area contributed by atoms with E-state index in [4.69, 9.17) is 9.47 Å². The highest BCUT2D eigenvalue weighted by molar-refractivity contribution is 5.43. The van der Waals surface area contributed by atoms with Gasteiger partial charge in [0, 0.05) is 11.6 Å². The number of ether oxygens (including phenoxy) is 2. The van der Waals surface area contributed by atoms with Gasteiger partial charge in [0.2, 0.25) is 0 Å². The molecule has 1 aromatic carbocycles. The predicted molar refractivity (Wildman–Crippen MR) is 72.3 cm³/mol. The molecule has 0 aliphatic carbocycles. The van der Waals surface area contributed by atoms with Gasteiger partial charge < -0.3 is 14.6 Å². The highest BCUT2D eigenvalue weighted by Crippen LogP contribution is 2.37. The Morgan fingerprint density at radius 2 is 1.78 bits per heavy atom. The summed E-state index contributed by atoms with van der Waals surface area (Å²) >= 11 is 0. The summed E-state index contributed by atoms with van der Waals surface area (Å²) in [6, 6.07) is 5.48. The third-order valence-corrected chi connectivity index (χ3v) is 2.92. The van der Waals surface area contributed by atoms with Crippen molar-refractivity contribution in [1.29, 1.82) is 0 Å². The summed E-state index contributed by atoms with van der Waals surface area (Å²) in [7, 11) is 7.11. The van der Waals surface area contributed by atoms with E-state index >= 15 is 0 Å². The van der Waals surface area contributed by atoms with Gasteiger partial charge in [-0.25, -0.2) is 0 Å². The topological polar surface area (TPSA) is 41.9 Å². The fraction of sp³-hybridized carbons (Fsp3) is 0.571. The second-order valence-electron chi connectivity index (χ2n) is 5.13. The van der Waals surface area contributed by atoms with Gasteiger partial charge in [0.25, 0.3) is 0 Å². The molecule has 0 aliphatic rings. The molecule has 0 amide bonds. The summed E-state index contributed by atoms with van der Waals surface area (Å²) in [5, 5.41) is 10.3. The molecular weight excluding hydrogens is 230 g/mol. The lowest BCUT2D eigenvalue weighted by molar-refractivity contribution is -0.00412. The molecule has 4 heteroatoms. The number of hydrogen-bond acceptors (Lipinski definition) is 4. The summed E-state index contributed by atoms with van der Waals surface area (Å²) in [5.41, 5.74) is 0.0709. The first kappa shape index (κ1) is 14.8. The lowest BCUT2D eigenvalue weighted by Crippen LogP contribution is -2.38. The van der Waals surface area contributed by atoms with E-state index in [1.54, 1.807) is 28.1 Å². The summed E-state index contributed by atoms with van der Waals surface area (Å²) in [4.78, 5) is 1.98. The quantitative estimate of drug-likeness (QED) is 0.872. The van der Waals surface area contributed by atoms with Gasteiger partial charge in [-0.3, -0.25) is 4.90 Å². The molecule has 102 valence electrons. The first-order valence-corrected chi connectivity index (χ1v) is 5.92. The lowest BCUT2D eigenvalue weighted by Gasteiger charge is -2.35. The average molecular weight is 253 g/mol. The maximum absolute atomic E-state index is 10.3. The van der Waals surface area contributed by atoms with Crippen molar-refractivity contribution >= 4 is 0 Å². The zero-order chi connectivity index (χ0) is 13.9. The Morgan fingerprint density at radius 3 is 2.17 bits per heavy atom. The van der Waals surface area contributed by atoms with Crippen LogP contribution in [0.2, 0.25) is 0 Å². The number of rotatable bonds is 5. The second-order valence-corrected chi connectivity index (χ2v) is 5.13. The third kappa shape index (κ3) is 3.15. The fourth-order valence-corrected chi connectivity index (χ4v) is 2.33. The highest BCUT2D eigenvalue weighted by Gasteiger charge is 2.32. The molecular formula is C14H23NO3. The third-order valence-electron chi connectivity index (χ3n) is 2.92. The Hall–Kier alpha value is -1.26. The van der Waals surface area contributed by atoms with E-state index in [1.165, 1.54) is 0 Å². The lowest BCUT2D eigenvalue weighted by atomic mass is 9.90. The SMILES string of the molecule is COc1ccc(C(N(C)C)C(C)(C)O)c(OC)c1. The fourth-order valence-electron chi connectivity index (χ4n) is 2.33. The standard InChI is InChI=1S/C14H23NO3/c1-14(2,16)13(15(3)4)11-8-7-10(17-5)9-12(11)18-6/h7-9,13,16H,1-6H3. The maximum Gasteiger partial charge on any atom is 0.127 e. The van der Waals surface area contributed by atoms with Crippen molar-refractivity contribution in [2.75, 3.05) is 28.3 Å². The smallest absolute Gasteiger partial charge is 0.127 e. The molecule has 0 saturated heterocycles. The number of hydrogen-bond donors (Lipinski definition) is 1. The maximum atomic E-state index is 10.3. The molecule has 1 aromatic rings. The molecule has 1 atom stereocenters. The summed E-state index contributed by atoms with van der Waals surface area (Å²) in [5.74, 6) is 1.46. The van der Waals surface area contributed by atoms with Crippen LogP contribution in [-0.2, 0) is 0 Å². The number of benzene rings is 1. The Labute approximate surface area is 109 Å². The van der Waals surface area contributed by atoms with Crippen LogP contribution < -0.4 is 9.47 Å². The van der Waals surface area contributed by atoms with Crippen molar-refractivity contribution in [1.82, 2.24) is 4.90 Å². The minimum atomic E-state index is -0.870. The predicted octanol–water partition coefficient (Wildman–Crippen LogP) is 2.08. The second kappa shape index (κ2) is 5.59. The first-order chi connectivity index (χ1) is 8.31. The molecule has 0 heterocycles. The van der Waals surface area contributed by atoms with Crippen LogP contribution in [0.4, 0.5) is 0 Å². The molecule has 0 bridgehead atoms. The monoisotopic (exact) mass is 253 g/mol. The average Bonchev–Trinajstić information content (AvgIpc) is 2.27. The molecule has 1 rings (SSSR count). The van der Waals surface area contributed by atoms with Crippen molar-refractivity contribution in [2.24, 2.45) is 0 Å². The van der Waals surface area contributed by atoms with E-state index in [0.29, 0.717) is 0 Å². The Kier molecular flexibility index (Phi) is 4.59. The Balaban J connectivity index is 3.28. The van der Waals surface area contributed by atoms with E-state index in [-0.39, 0.29) is 6.04 Å². The zero-order valence-corrected chi connectivity index (χ0v) is 12.0. The normalized spacial score (nSPS) is 13.6. The molecule has 1 N–H and O–H groups in total. The molecule has 0 aromatic heterocycles. The summed E-state index contributed by atoms with van der Waals surface area (Å²) in [6.45, 7) is 3.59. The number of aliphatic hydroxyl groups is 1. The van der Waals surface area contributed by atoms with Crippen LogP contribution in [-0.4, -0.2) is 43.9 Å². The van der Waals surface area contributed by atoms with Gasteiger partial charge in [-0.2, -0.15) is 0 Å². The van der Waals surface area contributed by atoms with E-state index < -0.39 is 5.60 Å². The Bertz CT molecular complexity index is 397. The van der Waals surface area contributed by atoms with Gasteiger partial charge in [0.1, 0.15) is 11.5 Å². The molecule has 18 heavy (non-hydrogen) atoms. The minimum Gasteiger partial charge on any atom is -0.497 e.